The van der Waals surface area contributed by atoms with E-state index in [0.717, 1.165) is 12.0 Å². The van der Waals surface area contributed by atoms with Gasteiger partial charge in [0, 0.05) is 12.1 Å². The van der Waals surface area contributed by atoms with E-state index in [1.807, 2.05) is 13.8 Å². The van der Waals surface area contributed by atoms with Gasteiger partial charge >= 0.3 is 12.1 Å². The lowest BCUT2D eigenvalue weighted by Gasteiger charge is -2.28. The number of cyclic esters (lactones) is 1. The molecule has 10 heteroatoms. The second-order valence-electron chi connectivity index (χ2n) is 6.78. The Kier molecular flexibility index (Phi) is 6.68. The first kappa shape index (κ1) is 21.3. The van der Waals surface area contributed by atoms with E-state index in [1.54, 1.807) is 0 Å². The lowest BCUT2D eigenvalue weighted by atomic mass is 9.90. The third-order valence-corrected chi connectivity index (χ3v) is 4.67. The molecule has 2 amide bonds. The predicted octanol–water partition coefficient (Wildman–Crippen LogP) is 1.81. The van der Waals surface area contributed by atoms with Gasteiger partial charge < -0.3 is 14.6 Å². The van der Waals surface area contributed by atoms with Gasteiger partial charge in [-0.15, -0.1) is 0 Å². The number of ether oxygens (including phenoxy) is 2. The number of aliphatic hydroxyl groups excluding tert-OH is 1. The maximum atomic E-state index is 13.1. The van der Waals surface area contributed by atoms with Crippen LogP contribution in [0.4, 0.5) is 10.5 Å². The van der Waals surface area contributed by atoms with Crippen molar-refractivity contribution in [3.05, 3.63) is 39.9 Å². The van der Waals surface area contributed by atoms with Gasteiger partial charge in [-0.25, -0.2) is 9.69 Å². The second-order valence-corrected chi connectivity index (χ2v) is 6.78. The van der Waals surface area contributed by atoms with Crippen molar-refractivity contribution in [2.45, 2.75) is 32.4 Å². The van der Waals surface area contributed by atoms with Gasteiger partial charge in [0.2, 0.25) is 5.91 Å². The van der Waals surface area contributed by atoms with Crippen molar-refractivity contribution in [2.24, 2.45) is 11.8 Å². The van der Waals surface area contributed by atoms with Crippen molar-refractivity contribution in [1.29, 1.82) is 0 Å². The molecule has 0 unspecified atom stereocenters. The normalized spacial score (nSPS) is 18.5. The third-order valence-electron chi connectivity index (χ3n) is 4.67. The van der Waals surface area contributed by atoms with E-state index in [1.165, 1.54) is 24.3 Å². The fourth-order valence-electron chi connectivity index (χ4n) is 2.98. The monoisotopic (exact) mass is 394 g/mol. The molecule has 0 bridgehead atoms. The van der Waals surface area contributed by atoms with Crippen molar-refractivity contribution < 1.29 is 33.9 Å². The van der Waals surface area contributed by atoms with Crippen LogP contribution in [0.3, 0.4) is 0 Å². The molecule has 0 spiro atoms. The third kappa shape index (κ3) is 4.45. The largest absolute Gasteiger partial charge is 0.469 e. The summed E-state index contributed by atoms with van der Waals surface area (Å²) in [5, 5.41) is 21.5. The number of imide groups is 1. The van der Waals surface area contributed by atoms with Crippen LogP contribution in [-0.2, 0) is 19.1 Å². The molecule has 1 heterocycles. The Morgan fingerprint density at radius 2 is 1.96 bits per heavy atom. The van der Waals surface area contributed by atoms with Crippen LogP contribution in [0.1, 0.15) is 31.9 Å². The molecule has 152 valence electrons. The number of esters is 1. The molecule has 0 saturated carbocycles. The van der Waals surface area contributed by atoms with Crippen LogP contribution in [0.5, 0.6) is 0 Å². The molecule has 0 aromatic heterocycles. The lowest BCUT2D eigenvalue weighted by Crippen LogP contribution is -2.46. The SMILES string of the molecule is COC(=O)C[C@@H](C(=O)N1C(=O)OC[C@@H]1C(C)C)[C@H](O)c1ccc([N+](=O)[O-])cc1. The van der Waals surface area contributed by atoms with E-state index in [0.29, 0.717) is 0 Å². The number of nitro groups is 1. The van der Waals surface area contributed by atoms with Crippen molar-refractivity contribution in [2.75, 3.05) is 13.7 Å². The molecule has 28 heavy (non-hydrogen) atoms. The smallest absolute Gasteiger partial charge is 0.416 e. The predicted molar refractivity (Wildman–Crippen MR) is 95.0 cm³/mol. The van der Waals surface area contributed by atoms with E-state index in [-0.39, 0.29) is 23.8 Å². The molecule has 1 fully saturated rings. The van der Waals surface area contributed by atoms with Gasteiger partial charge in [0.05, 0.1) is 36.5 Å². The molecule has 1 N–H and O–H groups in total. The summed E-state index contributed by atoms with van der Waals surface area (Å²) in [6.45, 7) is 3.66. The van der Waals surface area contributed by atoms with Crippen LogP contribution >= 0.6 is 0 Å². The van der Waals surface area contributed by atoms with Crippen LogP contribution in [0, 0.1) is 22.0 Å². The molecule has 1 aromatic rings. The topological polar surface area (TPSA) is 136 Å². The van der Waals surface area contributed by atoms with Gasteiger partial charge in [-0.05, 0) is 23.6 Å². The van der Waals surface area contributed by atoms with Gasteiger partial charge in [-0.2, -0.15) is 0 Å². The Hall–Kier alpha value is -3.01. The van der Waals surface area contributed by atoms with E-state index >= 15 is 0 Å². The van der Waals surface area contributed by atoms with E-state index in [2.05, 4.69) is 4.74 Å². The fraction of sp³-hybridized carbons (Fsp3) is 0.500. The Labute approximate surface area is 161 Å². The van der Waals surface area contributed by atoms with Gasteiger partial charge in [0.25, 0.3) is 5.69 Å². The molecule has 10 nitrogen and oxygen atoms in total. The minimum atomic E-state index is -1.48. The number of aliphatic hydroxyl groups is 1. The van der Waals surface area contributed by atoms with Gasteiger partial charge in [0.1, 0.15) is 6.61 Å². The van der Waals surface area contributed by atoms with E-state index in [9.17, 15) is 29.6 Å². The second kappa shape index (κ2) is 8.79. The summed E-state index contributed by atoms with van der Waals surface area (Å²) >= 11 is 0. The zero-order valence-electron chi connectivity index (χ0n) is 15.7. The number of amides is 2. The zero-order chi connectivity index (χ0) is 21.0. The van der Waals surface area contributed by atoms with Gasteiger partial charge in [-0.1, -0.05) is 13.8 Å². The number of carbonyl (C=O) groups is 3. The number of hydrogen-bond donors (Lipinski definition) is 1. The first-order valence-corrected chi connectivity index (χ1v) is 8.66. The standard InChI is InChI=1S/C18H22N2O8/c1-10(2)14-9-28-18(24)19(14)17(23)13(8-15(21)27-3)16(22)11-4-6-12(7-5-11)20(25)26/h4-7,10,13-14,16,22H,8-9H2,1-3H3/t13-,14-,16-/m1/s1. The molecule has 2 rings (SSSR count). The number of nitro benzene ring substituents is 1. The highest BCUT2D eigenvalue weighted by atomic mass is 16.6. The Morgan fingerprint density at radius 3 is 2.46 bits per heavy atom. The molecular weight excluding hydrogens is 372 g/mol. The molecular formula is C18H22N2O8. The molecule has 0 radical (unpaired) electrons. The van der Waals surface area contributed by atoms with Crippen molar-refractivity contribution in [3.8, 4) is 0 Å². The fourth-order valence-corrected chi connectivity index (χ4v) is 2.98. The maximum absolute atomic E-state index is 13.1. The van der Waals surface area contributed by atoms with Crippen LogP contribution in [-0.4, -0.2) is 52.7 Å². The molecule has 1 saturated heterocycles. The van der Waals surface area contributed by atoms with Gasteiger partial charge in [-0.3, -0.25) is 19.7 Å². The molecule has 1 aromatic carbocycles. The van der Waals surface area contributed by atoms with Crippen LogP contribution in [0.15, 0.2) is 24.3 Å². The summed E-state index contributed by atoms with van der Waals surface area (Å²) in [6, 6.07) is 4.42. The van der Waals surface area contributed by atoms with Gasteiger partial charge in [0.15, 0.2) is 0 Å². The quantitative estimate of drug-likeness (QED) is 0.420. The minimum Gasteiger partial charge on any atom is -0.469 e. The van der Waals surface area contributed by atoms with Crippen molar-refractivity contribution >= 4 is 23.7 Å². The highest BCUT2D eigenvalue weighted by Crippen LogP contribution is 2.31. The number of methoxy groups -OCH3 is 1. The number of benzene rings is 1. The van der Waals surface area contributed by atoms with Crippen LogP contribution in [0.2, 0.25) is 0 Å². The summed E-state index contributed by atoms with van der Waals surface area (Å²) in [4.78, 5) is 48.1. The minimum absolute atomic E-state index is 0.0286. The Balaban J connectivity index is 2.34. The molecule has 3 atom stereocenters. The van der Waals surface area contributed by atoms with Crippen LogP contribution in [0.25, 0.3) is 0 Å². The highest BCUT2D eigenvalue weighted by Gasteiger charge is 2.44. The lowest BCUT2D eigenvalue weighted by molar-refractivity contribution is -0.384. The Bertz CT molecular complexity index is 761. The highest BCUT2D eigenvalue weighted by molar-refractivity contribution is 5.96. The molecule has 0 aliphatic carbocycles. The number of carbonyl (C=O) groups excluding carboxylic acids is 3. The first-order chi connectivity index (χ1) is 13.2. The zero-order valence-corrected chi connectivity index (χ0v) is 15.7. The summed E-state index contributed by atoms with van der Waals surface area (Å²) in [6.07, 6.45) is -2.79. The number of non-ortho nitro benzene ring substituents is 1. The first-order valence-electron chi connectivity index (χ1n) is 8.66. The number of nitrogens with zero attached hydrogens (tertiary/aromatic N) is 2. The van der Waals surface area contributed by atoms with Crippen molar-refractivity contribution in [3.63, 3.8) is 0 Å². The average Bonchev–Trinajstić information content (AvgIpc) is 3.06. The van der Waals surface area contributed by atoms with Crippen molar-refractivity contribution in [1.82, 2.24) is 4.90 Å². The summed E-state index contributed by atoms with van der Waals surface area (Å²) in [7, 11) is 1.14. The van der Waals surface area contributed by atoms with E-state index < -0.39 is 47.4 Å². The van der Waals surface area contributed by atoms with E-state index in [4.69, 9.17) is 4.74 Å². The summed E-state index contributed by atoms with van der Waals surface area (Å²) in [5.41, 5.74) is 0.0105. The molecule has 1 aliphatic heterocycles. The number of rotatable bonds is 7. The summed E-state index contributed by atoms with van der Waals surface area (Å²) in [5.74, 6) is -2.92. The maximum Gasteiger partial charge on any atom is 0.416 e. The average molecular weight is 394 g/mol. The Morgan fingerprint density at radius 1 is 1.36 bits per heavy atom. The van der Waals surface area contributed by atoms with Crippen LogP contribution < -0.4 is 0 Å². The number of hydrogen-bond acceptors (Lipinski definition) is 8. The molecule has 1 aliphatic rings. The summed E-state index contributed by atoms with van der Waals surface area (Å²) < 4.78 is 9.57.